The van der Waals surface area contributed by atoms with Crippen LogP contribution in [-0.4, -0.2) is 74.0 Å². The summed E-state index contributed by atoms with van der Waals surface area (Å²) in [4.78, 5) is 46.4. The summed E-state index contributed by atoms with van der Waals surface area (Å²) in [7, 11) is 1.48. The first-order valence-corrected chi connectivity index (χ1v) is 16.4. The molecule has 244 valence electrons. The first-order valence-electron chi connectivity index (χ1n) is 16.1. The number of piperazine rings is 1. The fourth-order valence-electron chi connectivity index (χ4n) is 6.41. The van der Waals surface area contributed by atoms with Gasteiger partial charge < -0.3 is 29.2 Å². The molecule has 2 aliphatic heterocycles. The van der Waals surface area contributed by atoms with Gasteiger partial charge >= 0.3 is 0 Å². The number of para-hydroxylation sites is 2. The normalized spacial score (nSPS) is 15.7. The number of methoxy groups -OCH3 is 1. The summed E-state index contributed by atoms with van der Waals surface area (Å²) in [6, 6.07) is 21.1. The number of likely N-dealkylation sites (tertiary alicyclic amines) is 1. The maximum atomic E-state index is 13.6. The van der Waals surface area contributed by atoms with Crippen molar-refractivity contribution in [3.63, 3.8) is 0 Å². The zero-order chi connectivity index (χ0) is 32.9. The first kappa shape index (κ1) is 32.2. The molecular weight excluding hydrogens is 616 g/mol. The van der Waals surface area contributed by atoms with Crippen LogP contribution in [0.25, 0.3) is 11.0 Å². The third-order valence-electron chi connectivity index (χ3n) is 9.03. The van der Waals surface area contributed by atoms with Crippen LogP contribution >= 0.6 is 11.6 Å². The summed E-state index contributed by atoms with van der Waals surface area (Å²) in [6.45, 7) is 8.71. The van der Waals surface area contributed by atoms with Crippen LogP contribution in [-0.2, 0) is 6.42 Å². The van der Waals surface area contributed by atoms with Gasteiger partial charge in [0, 0.05) is 61.7 Å². The molecule has 2 saturated heterocycles. The number of nitrogens with zero attached hydrogens (tertiary/aromatic N) is 3. The molecule has 6 rings (SSSR count). The lowest BCUT2D eigenvalue weighted by Gasteiger charge is -2.41. The third kappa shape index (κ3) is 7.15. The van der Waals surface area contributed by atoms with Gasteiger partial charge in [0.1, 0.15) is 0 Å². The SMILES string of the molecule is C=C([C@@H](Cc1ccc(Cl)cc1)NC(=O)c1cc(=O)c2cccc(OC)c2o1)N1CCN(c2ccccc2C(=O)N2CCCCC2)CC1. The lowest BCUT2D eigenvalue weighted by atomic mass is 10.0. The molecular formula is C37H39ClN4O5. The number of anilines is 1. The molecule has 2 amide bonds. The van der Waals surface area contributed by atoms with Crippen molar-refractivity contribution in [1.82, 2.24) is 15.1 Å². The molecule has 2 aliphatic rings. The van der Waals surface area contributed by atoms with Crippen molar-refractivity contribution < 1.29 is 18.7 Å². The first-order chi connectivity index (χ1) is 22.8. The molecule has 2 fully saturated rings. The summed E-state index contributed by atoms with van der Waals surface area (Å²) in [5, 5.41) is 4.03. The Balaban J connectivity index is 1.20. The molecule has 1 atom stereocenters. The molecule has 0 spiro atoms. The van der Waals surface area contributed by atoms with Gasteiger partial charge in [0.05, 0.1) is 24.1 Å². The van der Waals surface area contributed by atoms with Crippen LogP contribution in [0.4, 0.5) is 5.69 Å². The summed E-state index contributed by atoms with van der Waals surface area (Å²) >= 11 is 6.15. The number of halogens is 1. The van der Waals surface area contributed by atoms with E-state index in [0.29, 0.717) is 48.8 Å². The van der Waals surface area contributed by atoms with Gasteiger partial charge in [-0.15, -0.1) is 0 Å². The predicted molar refractivity (Wildman–Crippen MR) is 185 cm³/mol. The van der Waals surface area contributed by atoms with Crippen molar-refractivity contribution in [3.8, 4) is 5.75 Å². The number of piperidine rings is 1. The summed E-state index contributed by atoms with van der Waals surface area (Å²) in [5.74, 6) is -0.177. The van der Waals surface area contributed by atoms with E-state index in [1.807, 2.05) is 53.4 Å². The third-order valence-corrected chi connectivity index (χ3v) is 9.28. The van der Waals surface area contributed by atoms with Crippen molar-refractivity contribution in [2.24, 2.45) is 0 Å². The van der Waals surface area contributed by atoms with E-state index >= 15 is 0 Å². The average Bonchev–Trinajstić information content (AvgIpc) is 3.11. The van der Waals surface area contributed by atoms with E-state index in [-0.39, 0.29) is 22.7 Å². The summed E-state index contributed by atoms with van der Waals surface area (Å²) in [6.07, 6.45) is 3.71. The van der Waals surface area contributed by atoms with E-state index in [4.69, 9.17) is 20.8 Å². The van der Waals surface area contributed by atoms with Crippen molar-refractivity contribution in [2.75, 3.05) is 51.3 Å². The molecule has 4 aromatic rings. The average molecular weight is 655 g/mol. The standard InChI is InChI=1S/C37H39ClN4O5/c1-25(40-19-21-41(22-20-40)31-11-5-4-9-28(31)37(45)42-17-6-3-7-18-42)30(23-26-13-15-27(38)16-14-26)39-36(44)34-24-32(43)29-10-8-12-33(46-2)35(29)47-34/h4-5,8-16,24,30H,1,3,6-7,17-23H2,2H3,(H,39,44)/t30-/m1/s1. The van der Waals surface area contributed by atoms with Crippen LogP contribution < -0.4 is 20.4 Å². The second-order valence-electron chi connectivity index (χ2n) is 12.0. The maximum absolute atomic E-state index is 13.6. The zero-order valence-electron chi connectivity index (χ0n) is 26.5. The minimum atomic E-state index is -0.529. The highest BCUT2D eigenvalue weighted by Crippen LogP contribution is 2.27. The number of ether oxygens (including phenoxy) is 1. The number of hydrogen-bond donors (Lipinski definition) is 1. The molecule has 0 bridgehead atoms. The zero-order valence-corrected chi connectivity index (χ0v) is 27.3. The largest absolute Gasteiger partial charge is 0.493 e. The van der Waals surface area contributed by atoms with Crippen LogP contribution in [0.1, 0.15) is 45.7 Å². The molecule has 47 heavy (non-hydrogen) atoms. The lowest BCUT2D eigenvalue weighted by Crippen LogP contribution is -2.51. The highest BCUT2D eigenvalue weighted by Gasteiger charge is 2.28. The van der Waals surface area contributed by atoms with Gasteiger partial charge in [-0.3, -0.25) is 14.4 Å². The second kappa shape index (κ2) is 14.3. The molecule has 9 nitrogen and oxygen atoms in total. The Hall–Kier alpha value is -4.76. The molecule has 10 heteroatoms. The molecule has 3 aromatic carbocycles. The van der Waals surface area contributed by atoms with Gasteiger partial charge in [-0.2, -0.15) is 0 Å². The number of nitrogens with one attached hydrogen (secondary N) is 1. The highest BCUT2D eigenvalue weighted by atomic mass is 35.5. The van der Waals surface area contributed by atoms with Crippen molar-refractivity contribution in [3.05, 3.63) is 117 Å². The van der Waals surface area contributed by atoms with Crippen molar-refractivity contribution in [2.45, 2.75) is 31.7 Å². The molecule has 0 saturated carbocycles. The fourth-order valence-corrected chi connectivity index (χ4v) is 6.54. The molecule has 1 N–H and O–H groups in total. The second-order valence-corrected chi connectivity index (χ2v) is 12.4. The molecule has 3 heterocycles. The van der Waals surface area contributed by atoms with E-state index in [2.05, 4.69) is 21.7 Å². The Morgan fingerprint density at radius 1 is 0.915 bits per heavy atom. The number of hydrogen-bond acceptors (Lipinski definition) is 7. The maximum Gasteiger partial charge on any atom is 0.287 e. The Kier molecular flexibility index (Phi) is 9.82. The van der Waals surface area contributed by atoms with E-state index in [9.17, 15) is 14.4 Å². The smallest absolute Gasteiger partial charge is 0.287 e. The quantitative estimate of drug-likeness (QED) is 0.245. The number of carbonyl (C=O) groups excluding carboxylic acids is 2. The number of fused-ring (bicyclic) bond motifs is 1. The fraction of sp³-hybridized carbons (Fsp3) is 0.324. The van der Waals surface area contributed by atoms with Gasteiger partial charge in [-0.1, -0.05) is 48.5 Å². The van der Waals surface area contributed by atoms with Gasteiger partial charge in [0.25, 0.3) is 11.8 Å². The van der Waals surface area contributed by atoms with Crippen LogP contribution in [0.5, 0.6) is 5.75 Å². The molecule has 0 unspecified atom stereocenters. The van der Waals surface area contributed by atoms with Gasteiger partial charge in [-0.05, 0) is 67.6 Å². The van der Waals surface area contributed by atoms with E-state index in [1.165, 1.54) is 19.6 Å². The van der Waals surface area contributed by atoms with Crippen molar-refractivity contribution in [1.29, 1.82) is 0 Å². The summed E-state index contributed by atoms with van der Waals surface area (Å²) < 4.78 is 11.3. The van der Waals surface area contributed by atoms with E-state index in [0.717, 1.165) is 48.4 Å². The molecule has 0 aliphatic carbocycles. The van der Waals surface area contributed by atoms with Gasteiger partial charge in [0.2, 0.25) is 0 Å². The highest BCUT2D eigenvalue weighted by molar-refractivity contribution is 6.30. The van der Waals surface area contributed by atoms with Crippen molar-refractivity contribution >= 4 is 40.1 Å². The molecule has 0 radical (unpaired) electrons. The monoisotopic (exact) mass is 654 g/mol. The lowest BCUT2D eigenvalue weighted by molar-refractivity contribution is 0.0724. The number of carbonyl (C=O) groups is 2. The Labute approximate surface area is 279 Å². The van der Waals surface area contributed by atoms with Crippen LogP contribution in [0, 0.1) is 0 Å². The number of rotatable bonds is 9. The summed E-state index contributed by atoms with van der Waals surface area (Å²) in [5.41, 5.74) is 3.27. The van der Waals surface area contributed by atoms with E-state index < -0.39 is 11.9 Å². The molecule has 1 aromatic heterocycles. The Morgan fingerprint density at radius 3 is 2.36 bits per heavy atom. The van der Waals surface area contributed by atoms with Gasteiger partial charge in [0.15, 0.2) is 22.5 Å². The Morgan fingerprint density at radius 2 is 1.64 bits per heavy atom. The van der Waals surface area contributed by atoms with Crippen LogP contribution in [0.3, 0.4) is 0 Å². The predicted octanol–water partition coefficient (Wildman–Crippen LogP) is 5.76. The van der Waals surface area contributed by atoms with Crippen LogP contribution in [0.2, 0.25) is 5.02 Å². The topological polar surface area (TPSA) is 95.3 Å². The minimum Gasteiger partial charge on any atom is -0.493 e. The Bertz CT molecular complexity index is 1830. The van der Waals surface area contributed by atoms with Gasteiger partial charge in [-0.25, -0.2) is 0 Å². The van der Waals surface area contributed by atoms with Crippen LogP contribution in [0.15, 0.2) is 94.3 Å². The number of benzene rings is 3. The number of amides is 2. The minimum absolute atomic E-state index is 0.0934. The van der Waals surface area contributed by atoms with E-state index in [1.54, 1.807) is 18.2 Å².